The Bertz CT molecular complexity index is 640. The van der Waals surface area contributed by atoms with Crippen molar-refractivity contribution in [1.82, 2.24) is 20.1 Å². The third kappa shape index (κ3) is 1.93. The molecule has 1 atom stereocenters. The van der Waals surface area contributed by atoms with Gasteiger partial charge in [-0.1, -0.05) is 5.16 Å². The van der Waals surface area contributed by atoms with Gasteiger partial charge >= 0.3 is 0 Å². The Morgan fingerprint density at radius 1 is 1.44 bits per heavy atom. The van der Waals surface area contributed by atoms with Crippen LogP contribution in [0.2, 0.25) is 0 Å². The molecule has 0 fully saturated rings. The van der Waals surface area contributed by atoms with Gasteiger partial charge in [-0.2, -0.15) is 4.98 Å². The number of thiazole rings is 1. The normalized spacial score (nSPS) is 12.8. The Morgan fingerprint density at radius 2 is 2.33 bits per heavy atom. The molecule has 0 saturated heterocycles. The standard InChI is InChI=1S/C11H11N5OS/c1-6(12)11-14-8(5-18-11)10-15-9(16-17-10)7-3-2-4-13-7/h2-6,13H,12H2,1H3. The number of aromatic nitrogens is 4. The molecule has 1 unspecified atom stereocenters. The lowest BCUT2D eigenvalue weighted by Crippen LogP contribution is -2.03. The molecule has 92 valence electrons. The van der Waals surface area contributed by atoms with Gasteiger partial charge < -0.3 is 15.2 Å². The molecule has 0 aliphatic carbocycles. The lowest BCUT2D eigenvalue weighted by atomic mass is 10.4. The summed E-state index contributed by atoms with van der Waals surface area (Å²) < 4.78 is 5.19. The van der Waals surface area contributed by atoms with Gasteiger partial charge in [0.1, 0.15) is 10.7 Å². The molecular weight excluding hydrogens is 250 g/mol. The predicted octanol–water partition coefficient (Wildman–Crippen LogP) is 2.21. The summed E-state index contributed by atoms with van der Waals surface area (Å²) >= 11 is 1.49. The summed E-state index contributed by atoms with van der Waals surface area (Å²) in [5.74, 6) is 0.924. The highest BCUT2D eigenvalue weighted by Gasteiger charge is 2.15. The van der Waals surface area contributed by atoms with E-state index in [1.54, 1.807) is 0 Å². The zero-order valence-corrected chi connectivity index (χ0v) is 10.4. The van der Waals surface area contributed by atoms with Crippen LogP contribution in [0.3, 0.4) is 0 Å². The quantitative estimate of drug-likeness (QED) is 0.753. The van der Waals surface area contributed by atoms with Gasteiger partial charge in [-0.25, -0.2) is 4.98 Å². The number of nitrogens with zero attached hydrogens (tertiary/aromatic N) is 3. The molecule has 0 aliphatic rings. The van der Waals surface area contributed by atoms with Gasteiger partial charge in [0.2, 0.25) is 5.82 Å². The first-order chi connectivity index (χ1) is 8.74. The van der Waals surface area contributed by atoms with Crippen LogP contribution in [-0.2, 0) is 0 Å². The first-order valence-electron chi connectivity index (χ1n) is 5.43. The molecule has 7 heteroatoms. The summed E-state index contributed by atoms with van der Waals surface area (Å²) in [5, 5.41) is 6.62. The van der Waals surface area contributed by atoms with Crippen molar-refractivity contribution in [3.05, 3.63) is 28.7 Å². The predicted molar refractivity (Wildman–Crippen MR) is 67.8 cm³/mol. The molecule has 0 amide bonds. The first kappa shape index (κ1) is 11.1. The molecule has 0 bridgehead atoms. The average molecular weight is 261 g/mol. The second kappa shape index (κ2) is 4.35. The van der Waals surface area contributed by atoms with Gasteiger partial charge in [0.15, 0.2) is 0 Å². The van der Waals surface area contributed by atoms with Crippen LogP contribution in [0.25, 0.3) is 23.1 Å². The second-order valence-corrected chi connectivity index (χ2v) is 4.76. The molecule has 0 spiro atoms. The van der Waals surface area contributed by atoms with Crippen LogP contribution in [0, 0.1) is 0 Å². The molecule has 3 heterocycles. The number of aromatic amines is 1. The molecule has 0 aliphatic heterocycles. The minimum Gasteiger partial charge on any atom is -0.359 e. The highest BCUT2D eigenvalue weighted by molar-refractivity contribution is 7.10. The van der Waals surface area contributed by atoms with Gasteiger partial charge in [-0.05, 0) is 19.1 Å². The van der Waals surface area contributed by atoms with Crippen LogP contribution in [0.1, 0.15) is 18.0 Å². The maximum Gasteiger partial charge on any atom is 0.277 e. The van der Waals surface area contributed by atoms with E-state index in [9.17, 15) is 0 Å². The largest absolute Gasteiger partial charge is 0.359 e. The summed E-state index contributed by atoms with van der Waals surface area (Å²) in [6, 6.07) is 3.67. The van der Waals surface area contributed by atoms with Crippen LogP contribution in [0.15, 0.2) is 28.2 Å². The number of H-pyrrole nitrogens is 1. The fourth-order valence-electron chi connectivity index (χ4n) is 1.50. The molecule has 0 aromatic carbocycles. The summed E-state index contributed by atoms with van der Waals surface area (Å²) in [7, 11) is 0. The molecule has 3 aromatic rings. The maximum absolute atomic E-state index is 5.76. The summed E-state index contributed by atoms with van der Waals surface area (Å²) in [6.45, 7) is 1.89. The van der Waals surface area contributed by atoms with E-state index in [-0.39, 0.29) is 6.04 Å². The van der Waals surface area contributed by atoms with Crippen molar-refractivity contribution in [2.24, 2.45) is 5.73 Å². The van der Waals surface area contributed by atoms with Gasteiger partial charge in [0.05, 0.1) is 11.7 Å². The molecular formula is C11H11N5OS. The highest BCUT2D eigenvalue weighted by Crippen LogP contribution is 2.24. The maximum atomic E-state index is 5.76. The van der Waals surface area contributed by atoms with E-state index in [0.717, 1.165) is 10.7 Å². The molecule has 3 rings (SSSR count). The highest BCUT2D eigenvalue weighted by atomic mass is 32.1. The van der Waals surface area contributed by atoms with E-state index in [1.165, 1.54) is 11.3 Å². The van der Waals surface area contributed by atoms with Crippen molar-refractivity contribution in [2.45, 2.75) is 13.0 Å². The van der Waals surface area contributed by atoms with Crippen LogP contribution >= 0.6 is 11.3 Å². The van der Waals surface area contributed by atoms with Gasteiger partial charge in [-0.15, -0.1) is 11.3 Å². The van der Waals surface area contributed by atoms with E-state index < -0.39 is 0 Å². The smallest absolute Gasteiger partial charge is 0.277 e. The van der Waals surface area contributed by atoms with Crippen LogP contribution in [-0.4, -0.2) is 20.1 Å². The van der Waals surface area contributed by atoms with Gasteiger partial charge in [-0.3, -0.25) is 0 Å². The summed E-state index contributed by atoms with van der Waals surface area (Å²) in [4.78, 5) is 11.7. The van der Waals surface area contributed by atoms with Crippen LogP contribution < -0.4 is 5.73 Å². The second-order valence-electron chi connectivity index (χ2n) is 3.87. The number of rotatable bonds is 3. The number of nitrogens with one attached hydrogen (secondary N) is 1. The first-order valence-corrected chi connectivity index (χ1v) is 6.31. The topological polar surface area (TPSA) is 93.6 Å². The Balaban J connectivity index is 1.93. The van der Waals surface area contributed by atoms with Crippen LogP contribution in [0.4, 0.5) is 0 Å². The molecule has 6 nitrogen and oxygen atoms in total. The van der Waals surface area contributed by atoms with Crippen LogP contribution in [0.5, 0.6) is 0 Å². The monoisotopic (exact) mass is 261 g/mol. The minimum atomic E-state index is -0.0884. The van der Waals surface area contributed by atoms with Crippen molar-refractivity contribution in [3.8, 4) is 23.1 Å². The molecule has 18 heavy (non-hydrogen) atoms. The zero-order valence-electron chi connectivity index (χ0n) is 9.62. The third-order valence-corrected chi connectivity index (χ3v) is 3.44. The molecule has 3 aromatic heterocycles. The van der Waals surface area contributed by atoms with Gasteiger partial charge in [0.25, 0.3) is 5.89 Å². The lowest BCUT2D eigenvalue weighted by Gasteiger charge is -1.95. The zero-order chi connectivity index (χ0) is 12.5. The van der Waals surface area contributed by atoms with E-state index in [2.05, 4.69) is 20.1 Å². The molecule has 3 N–H and O–H groups in total. The van der Waals surface area contributed by atoms with Crippen molar-refractivity contribution >= 4 is 11.3 Å². The van der Waals surface area contributed by atoms with E-state index >= 15 is 0 Å². The fourth-order valence-corrected chi connectivity index (χ4v) is 2.25. The average Bonchev–Trinajstić information content (AvgIpc) is 3.10. The number of hydrogen-bond acceptors (Lipinski definition) is 6. The van der Waals surface area contributed by atoms with E-state index in [1.807, 2.05) is 30.6 Å². The Labute approximate surface area is 107 Å². The van der Waals surface area contributed by atoms with Crippen molar-refractivity contribution in [3.63, 3.8) is 0 Å². The molecule has 0 saturated carbocycles. The summed E-state index contributed by atoms with van der Waals surface area (Å²) in [5.41, 5.74) is 7.24. The third-order valence-electron chi connectivity index (χ3n) is 2.40. The number of nitrogens with two attached hydrogens (primary N) is 1. The van der Waals surface area contributed by atoms with Crippen molar-refractivity contribution in [2.75, 3.05) is 0 Å². The Hall–Kier alpha value is -1.99. The Kier molecular flexibility index (Phi) is 2.69. The minimum absolute atomic E-state index is 0.0884. The van der Waals surface area contributed by atoms with Gasteiger partial charge in [0, 0.05) is 11.6 Å². The molecule has 0 radical (unpaired) electrons. The fraction of sp³-hybridized carbons (Fsp3) is 0.182. The van der Waals surface area contributed by atoms with Crippen molar-refractivity contribution in [1.29, 1.82) is 0 Å². The summed E-state index contributed by atoms with van der Waals surface area (Å²) in [6.07, 6.45) is 1.81. The number of hydrogen-bond donors (Lipinski definition) is 2. The lowest BCUT2D eigenvalue weighted by molar-refractivity contribution is 0.431. The SMILES string of the molecule is CC(N)c1nc(-c2nc(-c3ccc[nH]3)no2)cs1. The Morgan fingerprint density at radius 3 is 3.00 bits per heavy atom. The van der Waals surface area contributed by atoms with E-state index in [4.69, 9.17) is 10.3 Å². The van der Waals surface area contributed by atoms with E-state index in [0.29, 0.717) is 17.4 Å². The van der Waals surface area contributed by atoms with Crippen molar-refractivity contribution < 1.29 is 4.52 Å².